The fourth-order valence-corrected chi connectivity index (χ4v) is 4.00. The molecule has 0 atom stereocenters. The third kappa shape index (κ3) is 5.35. The van der Waals surface area contributed by atoms with Gasteiger partial charge < -0.3 is 4.74 Å². The van der Waals surface area contributed by atoms with E-state index in [1.54, 1.807) is 6.07 Å². The van der Waals surface area contributed by atoms with Crippen LogP contribution in [-0.2, 0) is 16.2 Å². The third-order valence-electron chi connectivity index (χ3n) is 4.22. The second kappa shape index (κ2) is 9.15. The largest absolute Gasteiger partial charge is 0.443 e. The van der Waals surface area contributed by atoms with Gasteiger partial charge in [0.2, 0.25) is 0 Å². The van der Waals surface area contributed by atoms with Gasteiger partial charge in [-0.3, -0.25) is 25.0 Å². The highest BCUT2D eigenvalue weighted by Crippen LogP contribution is 2.45. The molecule has 0 unspecified atom stereocenters. The molecule has 0 aliphatic carbocycles. The van der Waals surface area contributed by atoms with Crippen LogP contribution in [0.25, 0.3) is 0 Å². The monoisotopic (exact) mass is 517 g/mol. The van der Waals surface area contributed by atoms with Crippen molar-refractivity contribution in [2.75, 3.05) is 4.72 Å². The number of nitro benzene ring substituents is 2. The van der Waals surface area contributed by atoms with Gasteiger partial charge in [-0.25, -0.2) is 8.42 Å². The molecule has 0 heterocycles. The molecule has 0 spiro atoms. The first-order chi connectivity index (χ1) is 15.8. The molecule has 0 fully saturated rings. The summed E-state index contributed by atoms with van der Waals surface area (Å²) in [5, 5.41) is 22.3. The van der Waals surface area contributed by atoms with E-state index < -0.39 is 54.5 Å². The number of hydrogen-bond acceptors (Lipinski definition) is 7. The molecular weight excluding hydrogens is 507 g/mol. The lowest BCUT2D eigenvalue weighted by Crippen LogP contribution is -2.12. The molecule has 0 saturated heterocycles. The Morgan fingerprint density at radius 1 is 0.912 bits per heavy atom. The van der Waals surface area contributed by atoms with Crippen molar-refractivity contribution in [2.24, 2.45) is 0 Å². The summed E-state index contributed by atoms with van der Waals surface area (Å²) in [6, 6.07) is 10.7. The van der Waals surface area contributed by atoms with Crippen LogP contribution >= 0.6 is 11.6 Å². The molecule has 3 aromatic carbocycles. The summed E-state index contributed by atoms with van der Waals surface area (Å²) in [7, 11) is -3.99. The topological polar surface area (TPSA) is 142 Å². The molecule has 1 N–H and O–H groups in total. The number of nitrogens with zero attached hydrogens (tertiary/aromatic N) is 2. The van der Waals surface area contributed by atoms with E-state index in [-0.39, 0.29) is 27.7 Å². The molecule has 0 aliphatic heterocycles. The van der Waals surface area contributed by atoms with Gasteiger partial charge in [-0.1, -0.05) is 29.8 Å². The van der Waals surface area contributed by atoms with Gasteiger partial charge in [-0.15, -0.1) is 0 Å². The summed E-state index contributed by atoms with van der Waals surface area (Å²) in [6.07, 6.45) is -5.09. The summed E-state index contributed by atoms with van der Waals surface area (Å²) in [6.45, 7) is 0. The molecule has 178 valence electrons. The Bertz CT molecular complexity index is 1350. The van der Waals surface area contributed by atoms with Crippen molar-refractivity contribution in [1.29, 1.82) is 0 Å². The Morgan fingerprint density at radius 2 is 1.47 bits per heavy atom. The average molecular weight is 518 g/mol. The van der Waals surface area contributed by atoms with E-state index in [2.05, 4.69) is 4.72 Å². The van der Waals surface area contributed by atoms with E-state index in [4.69, 9.17) is 16.3 Å². The molecule has 0 amide bonds. The number of halogens is 4. The van der Waals surface area contributed by atoms with Crippen LogP contribution in [0.1, 0.15) is 5.56 Å². The van der Waals surface area contributed by atoms with Crippen molar-refractivity contribution in [3.8, 4) is 11.5 Å². The zero-order chi connectivity index (χ0) is 25.3. The fourth-order valence-electron chi connectivity index (χ4n) is 2.71. The zero-order valence-electron chi connectivity index (χ0n) is 16.4. The van der Waals surface area contributed by atoms with Gasteiger partial charge in [0.1, 0.15) is 5.75 Å². The predicted molar refractivity (Wildman–Crippen MR) is 114 cm³/mol. The van der Waals surface area contributed by atoms with E-state index in [1.807, 2.05) is 0 Å². The molecule has 10 nitrogen and oxygen atoms in total. The highest BCUT2D eigenvalue weighted by Gasteiger charge is 2.38. The quantitative estimate of drug-likeness (QED) is 0.309. The van der Waals surface area contributed by atoms with Crippen LogP contribution in [-0.4, -0.2) is 18.3 Å². The van der Waals surface area contributed by atoms with Gasteiger partial charge in [-0.2, -0.15) is 13.2 Å². The Hall–Kier alpha value is -3.91. The number of nitrogens with one attached hydrogen (secondary N) is 1. The number of rotatable bonds is 7. The third-order valence-corrected chi connectivity index (χ3v) is 5.91. The van der Waals surface area contributed by atoms with E-state index >= 15 is 0 Å². The summed E-state index contributed by atoms with van der Waals surface area (Å²) in [5.41, 5.74) is -4.29. The summed E-state index contributed by atoms with van der Waals surface area (Å²) >= 11 is 6.04. The van der Waals surface area contributed by atoms with Crippen LogP contribution in [0.2, 0.25) is 5.02 Å². The molecule has 0 aliphatic rings. The number of hydrogen-bond donors (Lipinski definition) is 1. The fraction of sp³-hybridized carbons (Fsp3) is 0.0526. The highest BCUT2D eigenvalue weighted by atomic mass is 35.5. The lowest BCUT2D eigenvalue weighted by Gasteiger charge is -2.13. The molecule has 3 rings (SSSR count). The number of ether oxygens (including phenoxy) is 1. The van der Waals surface area contributed by atoms with Gasteiger partial charge >= 0.3 is 17.6 Å². The van der Waals surface area contributed by atoms with Gasteiger partial charge in [0.15, 0.2) is 0 Å². The van der Waals surface area contributed by atoms with Crippen molar-refractivity contribution >= 4 is 38.7 Å². The van der Waals surface area contributed by atoms with Crippen molar-refractivity contribution in [3.05, 3.63) is 91.5 Å². The number of nitro groups is 2. The minimum Gasteiger partial charge on any atom is -0.443 e. The first-order valence-corrected chi connectivity index (χ1v) is 10.7. The van der Waals surface area contributed by atoms with Crippen LogP contribution in [0.4, 0.5) is 30.2 Å². The summed E-state index contributed by atoms with van der Waals surface area (Å²) in [4.78, 5) is 20.1. The number of benzene rings is 3. The number of sulfonamides is 1. The Kier molecular flexibility index (Phi) is 6.65. The lowest BCUT2D eigenvalue weighted by molar-refractivity contribution is -0.396. The van der Waals surface area contributed by atoms with Gasteiger partial charge in [0.25, 0.3) is 15.8 Å². The first kappa shape index (κ1) is 24.7. The Labute approximate surface area is 193 Å². The second-order valence-corrected chi connectivity index (χ2v) is 8.61. The van der Waals surface area contributed by atoms with E-state index in [0.29, 0.717) is 0 Å². The van der Waals surface area contributed by atoms with Crippen LogP contribution in [0.3, 0.4) is 0 Å². The van der Waals surface area contributed by atoms with Crippen LogP contribution in [0.15, 0.2) is 65.6 Å². The smallest absolute Gasteiger partial charge is 0.416 e. The lowest BCUT2D eigenvalue weighted by atomic mass is 10.1. The van der Waals surface area contributed by atoms with Crippen molar-refractivity contribution in [2.45, 2.75) is 11.1 Å². The normalized spacial score (nSPS) is 11.6. The molecule has 34 heavy (non-hydrogen) atoms. The predicted octanol–water partition coefficient (Wildman–Crippen LogP) is 5.77. The van der Waals surface area contributed by atoms with Crippen LogP contribution < -0.4 is 9.46 Å². The maximum absolute atomic E-state index is 13.0. The molecule has 0 radical (unpaired) electrons. The van der Waals surface area contributed by atoms with Crippen molar-refractivity contribution < 1.29 is 36.2 Å². The van der Waals surface area contributed by atoms with Crippen molar-refractivity contribution in [1.82, 2.24) is 0 Å². The van der Waals surface area contributed by atoms with Gasteiger partial charge in [-0.05, 0) is 30.3 Å². The number of anilines is 1. The van der Waals surface area contributed by atoms with E-state index in [0.717, 1.165) is 18.2 Å². The SMILES string of the molecule is O=[N+]([O-])c1cc(C(F)(F)F)cc([N+](=O)[O-])c1Oc1ccc(NS(=O)(=O)c2ccccc2)cc1Cl. The Morgan fingerprint density at radius 3 is 1.94 bits per heavy atom. The molecule has 0 bridgehead atoms. The molecule has 0 aromatic heterocycles. The Balaban J connectivity index is 2.00. The van der Waals surface area contributed by atoms with E-state index in [1.165, 1.54) is 24.3 Å². The minimum absolute atomic E-state index is 0.0439. The number of alkyl halides is 3. The molecule has 3 aromatic rings. The average Bonchev–Trinajstić information content (AvgIpc) is 2.74. The van der Waals surface area contributed by atoms with Gasteiger partial charge in [0.05, 0.1) is 31.0 Å². The molecule has 15 heteroatoms. The minimum atomic E-state index is -5.09. The zero-order valence-corrected chi connectivity index (χ0v) is 18.0. The standard InChI is InChI=1S/C19H11ClF3N3O7S/c20-14-10-12(24-34(31,32)13-4-2-1-3-5-13)6-7-17(14)33-18-15(25(27)28)8-11(19(21,22)23)9-16(18)26(29)30/h1-10,24H. The molecular formula is C19H11ClF3N3O7S. The second-order valence-electron chi connectivity index (χ2n) is 6.52. The van der Waals surface area contributed by atoms with Crippen LogP contribution in [0.5, 0.6) is 11.5 Å². The van der Waals surface area contributed by atoms with Crippen molar-refractivity contribution in [3.63, 3.8) is 0 Å². The molecule has 0 saturated carbocycles. The van der Waals surface area contributed by atoms with Crippen LogP contribution in [0, 0.1) is 20.2 Å². The summed E-state index contributed by atoms with van der Waals surface area (Å²) in [5.74, 6) is -1.49. The highest BCUT2D eigenvalue weighted by molar-refractivity contribution is 7.92. The maximum Gasteiger partial charge on any atom is 0.416 e. The summed E-state index contributed by atoms with van der Waals surface area (Å²) < 4.78 is 71.3. The van der Waals surface area contributed by atoms with Gasteiger partial charge in [0, 0.05) is 12.1 Å². The maximum atomic E-state index is 13.0. The van der Waals surface area contributed by atoms with E-state index in [9.17, 15) is 41.8 Å². The first-order valence-electron chi connectivity index (χ1n) is 8.89.